The molecule has 0 aromatic rings. The summed E-state index contributed by atoms with van der Waals surface area (Å²) >= 11 is 0. The number of ether oxygens (including phenoxy) is 4. The van der Waals surface area contributed by atoms with E-state index in [-0.39, 0.29) is 63.2 Å². The molecule has 4 N–H and O–H groups in total. The van der Waals surface area contributed by atoms with E-state index in [9.17, 15) is 39.6 Å². The van der Waals surface area contributed by atoms with E-state index in [0.717, 1.165) is 116 Å². The van der Waals surface area contributed by atoms with Crippen LogP contribution in [-0.2, 0) is 38.1 Å². The molecule has 25 fully saturated rings. The van der Waals surface area contributed by atoms with E-state index in [2.05, 4.69) is 20.8 Å². The van der Waals surface area contributed by atoms with Gasteiger partial charge in [0.2, 0.25) is 0 Å². The van der Waals surface area contributed by atoms with Crippen molar-refractivity contribution in [3.05, 3.63) is 0 Å². The van der Waals surface area contributed by atoms with Crippen molar-refractivity contribution in [2.75, 3.05) is 0 Å². The van der Waals surface area contributed by atoms with Crippen LogP contribution in [-0.4, -0.2) is 89.1 Å². The summed E-state index contributed by atoms with van der Waals surface area (Å²) in [5.41, 5.74) is -3.88. The van der Waals surface area contributed by atoms with Crippen molar-refractivity contribution in [3.63, 3.8) is 0 Å². The molecule has 25 aliphatic carbocycles. The molecular formula is C75H114O12. The lowest BCUT2D eigenvalue weighted by Crippen LogP contribution is -2.78. The molecule has 25 rings (SSSR count). The fourth-order valence-electron chi connectivity index (χ4n) is 27.2. The summed E-state index contributed by atoms with van der Waals surface area (Å²) < 4.78 is 25.0. The number of esters is 4. The predicted octanol–water partition coefficient (Wildman–Crippen LogP) is 13.3. The van der Waals surface area contributed by atoms with Crippen LogP contribution in [0.3, 0.4) is 0 Å². The monoisotopic (exact) mass is 1210 g/mol. The van der Waals surface area contributed by atoms with Crippen molar-refractivity contribution in [2.45, 2.75) is 301 Å². The molecule has 11 unspecified atom stereocenters. The third-order valence-corrected chi connectivity index (χ3v) is 31.6. The summed E-state index contributed by atoms with van der Waals surface area (Å²) in [6.07, 6.45) is 28.9. The molecule has 12 nitrogen and oxygen atoms in total. The Bertz CT molecular complexity index is 2670. The summed E-state index contributed by atoms with van der Waals surface area (Å²) in [4.78, 5) is 50.6. The largest absolute Gasteiger partial charge is 0.459 e. The van der Waals surface area contributed by atoms with Crippen molar-refractivity contribution in [2.24, 2.45) is 141 Å². The van der Waals surface area contributed by atoms with Gasteiger partial charge >= 0.3 is 23.9 Å². The van der Waals surface area contributed by atoms with Crippen molar-refractivity contribution >= 4 is 23.9 Å². The van der Waals surface area contributed by atoms with Gasteiger partial charge in [-0.15, -0.1) is 0 Å². The van der Waals surface area contributed by atoms with Gasteiger partial charge in [0.05, 0.1) is 44.6 Å². The molecule has 0 aromatic carbocycles. The van der Waals surface area contributed by atoms with Crippen molar-refractivity contribution in [1.29, 1.82) is 0 Å². The molecule has 0 spiro atoms. The molecule has 486 valence electrons. The van der Waals surface area contributed by atoms with E-state index in [1.807, 2.05) is 55.4 Å². The first-order valence-corrected chi connectivity index (χ1v) is 36.6. The second-order valence-corrected chi connectivity index (χ2v) is 37.5. The Labute approximate surface area is 521 Å². The lowest BCUT2D eigenvalue weighted by atomic mass is 9.32. The summed E-state index contributed by atoms with van der Waals surface area (Å²) in [5.74, 6) is 11.4. The summed E-state index contributed by atoms with van der Waals surface area (Å²) in [6.45, 7) is 22.2. The quantitative estimate of drug-likeness (QED) is 0.107. The molecule has 0 amide bonds. The molecule has 28 bridgehead atoms. The van der Waals surface area contributed by atoms with Crippen LogP contribution in [0.2, 0.25) is 0 Å². The highest BCUT2D eigenvalue weighted by Crippen LogP contribution is 2.78. The number of hydrogen-bond donors (Lipinski definition) is 4. The van der Waals surface area contributed by atoms with Crippen LogP contribution in [0.15, 0.2) is 0 Å². The van der Waals surface area contributed by atoms with Crippen molar-refractivity contribution in [1.82, 2.24) is 0 Å². The van der Waals surface area contributed by atoms with Crippen LogP contribution in [0, 0.1) is 141 Å². The average Bonchev–Trinajstić information content (AvgIpc) is 0.696. The van der Waals surface area contributed by atoms with E-state index in [1.54, 1.807) is 0 Å². The fraction of sp³-hybridized carbons (Fsp3) is 0.947. The predicted molar refractivity (Wildman–Crippen MR) is 327 cm³/mol. The standard InChI is InChI=1S/2C20H30O3.C19H28O3.C16H26O3/c1-4-18(2,3)17(21)23-20-10-12-5-13-15(20)7-11-8-16(20)14(6-12)19(13,22)9-11;1-4-18(2,3)17(21)23-20-8-14-11-5-19(22)6-12(14)16(10-20)13(7-19)15(11)9-20;1-3-10(2)17(20)22-19-9-12-4-13-15(19)6-11-7-16(19)14(5-12)18(13,21)8-11;1-4-14(2,3)13(17)19-16-8-11-5-12(9-16)7-15(18,6-11)10-16/h2*11-16,22H,4-10H2,1-3H3;10-16,21H,3-9H2,1-2H3;11-12,18H,4-10H2,1-3H3. The summed E-state index contributed by atoms with van der Waals surface area (Å²) in [5, 5.41) is 44.3. The fourth-order valence-corrected chi connectivity index (χ4v) is 27.2. The molecule has 0 aromatic heterocycles. The third kappa shape index (κ3) is 8.89. The van der Waals surface area contributed by atoms with Crippen LogP contribution in [0.5, 0.6) is 0 Å². The molecule has 87 heavy (non-hydrogen) atoms. The molecule has 25 saturated carbocycles. The number of carbonyl (C=O) groups is 4. The van der Waals surface area contributed by atoms with Crippen LogP contribution >= 0.6 is 0 Å². The number of carbonyl (C=O) groups excluding carboxylic acids is 4. The third-order valence-electron chi connectivity index (χ3n) is 31.6. The van der Waals surface area contributed by atoms with Crippen LogP contribution < -0.4 is 0 Å². The molecule has 0 aliphatic heterocycles. The average molecular weight is 1210 g/mol. The van der Waals surface area contributed by atoms with Gasteiger partial charge in [0, 0.05) is 30.1 Å². The highest BCUT2D eigenvalue weighted by Gasteiger charge is 2.79. The van der Waals surface area contributed by atoms with Gasteiger partial charge in [-0.3, -0.25) is 19.2 Å². The van der Waals surface area contributed by atoms with Crippen LogP contribution in [0.1, 0.15) is 256 Å². The van der Waals surface area contributed by atoms with Crippen molar-refractivity contribution < 1.29 is 58.6 Å². The highest BCUT2D eigenvalue weighted by molar-refractivity contribution is 5.77. The zero-order valence-corrected chi connectivity index (χ0v) is 55.5. The molecule has 25 aliphatic rings. The first-order valence-electron chi connectivity index (χ1n) is 36.6. The van der Waals surface area contributed by atoms with Gasteiger partial charge in [0.25, 0.3) is 0 Å². The van der Waals surface area contributed by atoms with Crippen LogP contribution in [0.25, 0.3) is 0 Å². The van der Waals surface area contributed by atoms with E-state index < -0.39 is 27.6 Å². The van der Waals surface area contributed by atoms with Gasteiger partial charge in [0.15, 0.2) is 0 Å². The van der Waals surface area contributed by atoms with Crippen molar-refractivity contribution in [3.8, 4) is 0 Å². The zero-order chi connectivity index (χ0) is 61.6. The lowest BCUT2D eigenvalue weighted by molar-refractivity contribution is -0.345. The van der Waals surface area contributed by atoms with E-state index >= 15 is 0 Å². The number of aliphatic hydroxyl groups is 4. The van der Waals surface area contributed by atoms with Gasteiger partial charge in [-0.05, 0) is 310 Å². The number of hydrogen-bond acceptors (Lipinski definition) is 12. The Hall–Kier alpha value is -2.28. The number of rotatable bonds is 12. The smallest absolute Gasteiger partial charge is 0.312 e. The van der Waals surface area contributed by atoms with E-state index in [1.165, 1.54) is 57.8 Å². The van der Waals surface area contributed by atoms with E-state index in [0.29, 0.717) is 125 Å². The molecular weight excluding hydrogens is 1090 g/mol. The first-order chi connectivity index (χ1) is 40.8. The Morgan fingerprint density at radius 1 is 0.379 bits per heavy atom. The zero-order valence-electron chi connectivity index (χ0n) is 55.5. The maximum atomic E-state index is 12.9. The minimum atomic E-state index is -0.555. The second kappa shape index (κ2) is 19.7. The topological polar surface area (TPSA) is 186 Å². The molecule has 11 atom stereocenters. The first kappa shape index (κ1) is 60.9. The van der Waals surface area contributed by atoms with Crippen LogP contribution in [0.4, 0.5) is 0 Å². The SMILES string of the molecule is CCC(C)(C)C(=O)OC12CC3C4CC5(O)CC3C(C1)C(C5)C4C2.CCC(C)(C)C(=O)OC12CC3CC(CC(O)(C3)C1)C2.CCC(C)(C)C(=O)OC12CC3CC4C1CC1CC2C(C3)C4(O)C1.CCC(C)C(=O)OC12CC3CC4C1CC1CC2C(C3)C4(O)C1. The minimum absolute atomic E-state index is 0.000451. The van der Waals surface area contributed by atoms with Gasteiger partial charge < -0.3 is 39.4 Å². The normalized spacial score (nSPS) is 53.7. The Kier molecular flexibility index (Phi) is 13.8. The maximum absolute atomic E-state index is 12.9. The summed E-state index contributed by atoms with van der Waals surface area (Å²) in [7, 11) is 0. The Morgan fingerprint density at radius 2 is 0.713 bits per heavy atom. The molecule has 0 heterocycles. The molecule has 12 heteroatoms. The Balaban J connectivity index is 0.0000000980. The minimum Gasteiger partial charge on any atom is -0.459 e. The lowest BCUT2D eigenvalue weighted by Gasteiger charge is -2.75. The second-order valence-electron chi connectivity index (χ2n) is 37.5. The van der Waals surface area contributed by atoms with Gasteiger partial charge in [-0.1, -0.05) is 34.6 Å². The van der Waals surface area contributed by atoms with Gasteiger partial charge in [0.1, 0.15) is 22.4 Å². The summed E-state index contributed by atoms with van der Waals surface area (Å²) in [6, 6.07) is 0. The Morgan fingerprint density at radius 3 is 1.08 bits per heavy atom. The highest BCUT2D eigenvalue weighted by atomic mass is 16.6. The maximum Gasteiger partial charge on any atom is 0.312 e. The van der Waals surface area contributed by atoms with E-state index in [4.69, 9.17) is 18.9 Å². The molecule has 0 saturated heterocycles. The molecule has 0 radical (unpaired) electrons. The van der Waals surface area contributed by atoms with Gasteiger partial charge in [-0.25, -0.2) is 0 Å². The van der Waals surface area contributed by atoms with Gasteiger partial charge in [-0.2, -0.15) is 0 Å².